The number of benzene rings is 1. The monoisotopic (exact) mass is 263 g/mol. The van der Waals surface area contributed by atoms with Crippen molar-refractivity contribution in [3.63, 3.8) is 0 Å². The molecule has 1 aromatic carbocycles. The minimum absolute atomic E-state index is 0.463. The summed E-state index contributed by atoms with van der Waals surface area (Å²) in [6.07, 6.45) is 0. The lowest BCUT2D eigenvalue weighted by Crippen LogP contribution is -2.29. The van der Waals surface area contributed by atoms with Crippen molar-refractivity contribution in [3.05, 3.63) is 35.4 Å². The number of methoxy groups -OCH3 is 1. The molecule has 0 aromatic heterocycles. The first kappa shape index (κ1) is 14.4. The van der Waals surface area contributed by atoms with Crippen LogP contribution in [0, 0.1) is 11.6 Å². The Hall–Kier alpha value is -0.710. The van der Waals surface area contributed by atoms with Crippen LogP contribution in [0.5, 0.6) is 0 Å². The molecule has 0 aliphatic rings. The van der Waals surface area contributed by atoms with Gasteiger partial charge in [0.25, 0.3) is 0 Å². The van der Waals surface area contributed by atoms with Gasteiger partial charge in [-0.15, -0.1) is 11.6 Å². The molecule has 96 valence electrons. The van der Waals surface area contributed by atoms with Gasteiger partial charge >= 0.3 is 0 Å². The van der Waals surface area contributed by atoms with E-state index in [0.717, 1.165) is 6.07 Å². The van der Waals surface area contributed by atoms with Gasteiger partial charge in [-0.3, -0.25) is 4.90 Å². The predicted octanol–water partition coefficient (Wildman–Crippen LogP) is 2.65. The zero-order valence-corrected chi connectivity index (χ0v) is 10.5. The van der Waals surface area contributed by atoms with Crippen molar-refractivity contribution in [3.8, 4) is 0 Å². The quantitative estimate of drug-likeness (QED) is 0.702. The fourth-order valence-electron chi connectivity index (χ4n) is 1.57. The molecule has 0 saturated heterocycles. The van der Waals surface area contributed by atoms with E-state index >= 15 is 0 Å². The molecule has 0 amide bonds. The van der Waals surface area contributed by atoms with E-state index in [-0.39, 0.29) is 0 Å². The smallest absolute Gasteiger partial charge is 0.126 e. The average molecular weight is 264 g/mol. The van der Waals surface area contributed by atoms with Gasteiger partial charge < -0.3 is 4.74 Å². The van der Waals surface area contributed by atoms with Gasteiger partial charge in [-0.05, 0) is 17.7 Å². The van der Waals surface area contributed by atoms with Crippen LogP contribution in [0.25, 0.3) is 0 Å². The number of halogens is 3. The first-order valence-electron chi connectivity index (χ1n) is 5.38. The molecule has 5 heteroatoms. The van der Waals surface area contributed by atoms with Crippen molar-refractivity contribution >= 4 is 11.6 Å². The third-order valence-electron chi connectivity index (χ3n) is 2.34. The van der Waals surface area contributed by atoms with Crippen molar-refractivity contribution in [2.75, 3.05) is 32.7 Å². The molecule has 0 N–H and O–H groups in total. The first-order valence-corrected chi connectivity index (χ1v) is 5.91. The van der Waals surface area contributed by atoms with Crippen LogP contribution >= 0.6 is 11.6 Å². The van der Waals surface area contributed by atoms with Crippen molar-refractivity contribution in [2.24, 2.45) is 0 Å². The van der Waals surface area contributed by atoms with Gasteiger partial charge in [0.15, 0.2) is 0 Å². The molecular weight excluding hydrogens is 248 g/mol. The molecule has 0 heterocycles. The Bertz CT molecular complexity index is 329. The van der Waals surface area contributed by atoms with Gasteiger partial charge in [0.1, 0.15) is 11.6 Å². The summed E-state index contributed by atoms with van der Waals surface area (Å²) in [6, 6.07) is 3.53. The van der Waals surface area contributed by atoms with Crippen LogP contribution in [0.3, 0.4) is 0 Å². The molecule has 0 bridgehead atoms. The highest BCUT2D eigenvalue weighted by Crippen LogP contribution is 2.10. The van der Waals surface area contributed by atoms with E-state index in [1.807, 2.05) is 4.90 Å². The zero-order valence-electron chi connectivity index (χ0n) is 9.76. The summed E-state index contributed by atoms with van der Waals surface area (Å²) in [7, 11) is 1.61. The van der Waals surface area contributed by atoms with Gasteiger partial charge in [-0.1, -0.05) is 0 Å². The van der Waals surface area contributed by atoms with E-state index < -0.39 is 11.6 Å². The maximum absolute atomic E-state index is 13.0. The van der Waals surface area contributed by atoms with E-state index in [1.54, 1.807) is 7.11 Å². The summed E-state index contributed by atoms with van der Waals surface area (Å²) in [5, 5.41) is 0. The molecule has 0 fully saturated rings. The highest BCUT2D eigenvalue weighted by molar-refractivity contribution is 6.18. The summed E-state index contributed by atoms with van der Waals surface area (Å²) in [5.74, 6) is -0.642. The lowest BCUT2D eigenvalue weighted by atomic mass is 10.2. The van der Waals surface area contributed by atoms with Crippen LogP contribution in [-0.4, -0.2) is 37.6 Å². The molecule has 1 aromatic rings. The molecule has 2 nitrogen and oxygen atoms in total. The van der Waals surface area contributed by atoms with E-state index in [1.165, 1.54) is 12.1 Å². The largest absolute Gasteiger partial charge is 0.383 e. The summed E-state index contributed by atoms with van der Waals surface area (Å²) >= 11 is 5.67. The lowest BCUT2D eigenvalue weighted by Gasteiger charge is -2.20. The summed E-state index contributed by atoms with van der Waals surface area (Å²) in [4.78, 5) is 1.99. The highest BCUT2D eigenvalue weighted by atomic mass is 35.5. The number of ether oxygens (including phenoxy) is 1. The topological polar surface area (TPSA) is 12.5 Å². The molecule has 0 aliphatic carbocycles. The second-order valence-electron chi connectivity index (χ2n) is 3.74. The molecule has 1 rings (SSSR count). The Morgan fingerprint density at radius 1 is 1.18 bits per heavy atom. The van der Waals surface area contributed by atoms with E-state index in [4.69, 9.17) is 16.3 Å². The van der Waals surface area contributed by atoms with E-state index in [9.17, 15) is 8.78 Å². The number of hydrogen-bond acceptors (Lipinski definition) is 2. The molecule has 17 heavy (non-hydrogen) atoms. The van der Waals surface area contributed by atoms with Crippen LogP contribution in [0.1, 0.15) is 5.56 Å². The molecular formula is C12H16ClF2NO. The number of hydrogen-bond donors (Lipinski definition) is 0. The molecule has 0 aliphatic heterocycles. The van der Waals surface area contributed by atoms with Crippen molar-refractivity contribution < 1.29 is 13.5 Å². The maximum atomic E-state index is 13.0. The molecule has 0 atom stereocenters. The van der Waals surface area contributed by atoms with Gasteiger partial charge in [0.2, 0.25) is 0 Å². The highest BCUT2D eigenvalue weighted by Gasteiger charge is 2.07. The third kappa shape index (κ3) is 5.44. The van der Waals surface area contributed by atoms with Crippen LogP contribution in [0.4, 0.5) is 8.78 Å². The third-order valence-corrected chi connectivity index (χ3v) is 2.51. The second-order valence-corrected chi connectivity index (χ2v) is 4.11. The van der Waals surface area contributed by atoms with Crippen LogP contribution in [0.15, 0.2) is 18.2 Å². The maximum Gasteiger partial charge on any atom is 0.126 e. The zero-order chi connectivity index (χ0) is 12.7. The Kier molecular flexibility index (Phi) is 6.40. The Labute approximate surface area is 105 Å². The molecule has 0 radical (unpaired) electrons. The van der Waals surface area contributed by atoms with Crippen molar-refractivity contribution in [1.82, 2.24) is 4.90 Å². The van der Waals surface area contributed by atoms with Gasteiger partial charge in [-0.25, -0.2) is 8.78 Å². The Balaban J connectivity index is 2.63. The van der Waals surface area contributed by atoms with Gasteiger partial charge in [0.05, 0.1) is 6.61 Å². The SMILES string of the molecule is COCCN(CCCl)Cc1cc(F)cc(F)c1. The number of rotatable bonds is 7. The summed E-state index contributed by atoms with van der Waals surface area (Å²) < 4.78 is 31.0. The van der Waals surface area contributed by atoms with Gasteiger partial charge in [-0.2, -0.15) is 0 Å². The standard InChI is InChI=1S/C12H16ClF2NO/c1-17-5-4-16(3-2-13)9-10-6-11(14)8-12(15)7-10/h6-8H,2-5,9H2,1H3. The summed E-state index contributed by atoms with van der Waals surface area (Å²) in [6.45, 7) is 2.36. The Morgan fingerprint density at radius 3 is 2.35 bits per heavy atom. The molecule has 0 spiro atoms. The van der Waals surface area contributed by atoms with E-state index in [0.29, 0.717) is 37.7 Å². The van der Waals surface area contributed by atoms with Gasteiger partial charge in [0, 0.05) is 38.7 Å². The number of alkyl halides is 1. The average Bonchev–Trinajstić information content (AvgIpc) is 2.24. The first-order chi connectivity index (χ1) is 8.15. The molecule has 0 unspecified atom stereocenters. The fourth-order valence-corrected chi connectivity index (χ4v) is 1.81. The Morgan fingerprint density at radius 2 is 1.82 bits per heavy atom. The normalized spacial score (nSPS) is 11.1. The van der Waals surface area contributed by atoms with Crippen LogP contribution in [-0.2, 0) is 11.3 Å². The molecule has 0 saturated carbocycles. The van der Waals surface area contributed by atoms with Crippen LogP contribution < -0.4 is 0 Å². The minimum atomic E-state index is -0.558. The number of nitrogens with zero attached hydrogens (tertiary/aromatic N) is 1. The summed E-state index contributed by atoms with van der Waals surface area (Å²) in [5.41, 5.74) is 0.601. The van der Waals surface area contributed by atoms with Crippen molar-refractivity contribution in [2.45, 2.75) is 6.54 Å². The van der Waals surface area contributed by atoms with Crippen molar-refractivity contribution in [1.29, 1.82) is 0 Å². The fraction of sp³-hybridized carbons (Fsp3) is 0.500. The minimum Gasteiger partial charge on any atom is -0.383 e. The lowest BCUT2D eigenvalue weighted by molar-refractivity contribution is 0.148. The second kappa shape index (κ2) is 7.58. The van der Waals surface area contributed by atoms with E-state index in [2.05, 4.69) is 0 Å². The predicted molar refractivity (Wildman–Crippen MR) is 64.2 cm³/mol. The van der Waals surface area contributed by atoms with Crippen LogP contribution in [0.2, 0.25) is 0 Å².